The summed E-state index contributed by atoms with van der Waals surface area (Å²) in [7, 11) is 0. The third-order valence-corrected chi connectivity index (χ3v) is 4.10. The third kappa shape index (κ3) is 3.06. The van der Waals surface area contributed by atoms with Crippen LogP contribution in [0, 0.1) is 13.8 Å². The van der Waals surface area contributed by atoms with E-state index in [1.165, 1.54) is 0 Å². The zero-order chi connectivity index (χ0) is 18.1. The van der Waals surface area contributed by atoms with Gasteiger partial charge in [-0.2, -0.15) is 5.10 Å². The lowest BCUT2D eigenvalue weighted by Crippen LogP contribution is -2.19. The van der Waals surface area contributed by atoms with Crippen molar-refractivity contribution in [2.75, 3.05) is 5.32 Å². The van der Waals surface area contributed by atoms with Crippen LogP contribution in [0.3, 0.4) is 0 Å². The van der Waals surface area contributed by atoms with Crippen molar-refractivity contribution < 1.29 is 4.79 Å². The molecule has 0 radical (unpaired) electrons. The molecule has 0 saturated carbocycles. The van der Waals surface area contributed by atoms with Crippen molar-refractivity contribution in [3.63, 3.8) is 0 Å². The maximum absolute atomic E-state index is 12.4. The number of carbonyl (C=O) groups is 1. The SMILES string of the molecule is Cc1cc(C)n(-c2cccc(NC(=O)Cn3nnc4ccccc43)c2)n1. The summed E-state index contributed by atoms with van der Waals surface area (Å²) in [6.45, 7) is 4.06. The summed E-state index contributed by atoms with van der Waals surface area (Å²) in [5.74, 6) is -0.161. The summed E-state index contributed by atoms with van der Waals surface area (Å²) < 4.78 is 3.45. The zero-order valence-corrected chi connectivity index (χ0v) is 14.5. The van der Waals surface area contributed by atoms with Crippen LogP contribution in [0.25, 0.3) is 16.7 Å². The summed E-state index contributed by atoms with van der Waals surface area (Å²) in [5.41, 5.74) is 5.21. The second kappa shape index (κ2) is 6.44. The van der Waals surface area contributed by atoms with Crippen LogP contribution in [-0.4, -0.2) is 30.7 Å². The van der Waals surface area contributed by atoms with Crippen LogP contribution in [0.2, 0.25) is 0 Å². The van der Waals surface area contributed by atoms with Gasteiger partial charge in [0.15, 0.2) is 0 Å². The minimum Gasteiger partial charge on any atom is -0.324 e. The molecule has 26 heavy (non-hydrogen) atoms. The first-order valence-electron chi connectivity index (χ1n) is 8.32. The topological polar surface area (TPSA) is 77.6 Å². The molecule has 2 aromatic heterocycles. The number of hydrogen-bond donors (Lipinski definition) is 1. The van der Waals surface area contributed by atoms with Crippen LogP contribution in [-0.2, 0) is 11.3 Å². The summed E-state index contributed by atoms with van der Waals surface area (Å²) in [6, 6.07) is 17.2. The van der Waals surface area contributed by atoms with Gasteiger partial charge in [-0.3, -0.25) is 4.79 Å². The van der Waals surface area contributed by atoms with E-state index < -0.39 is 0 Å². The minimum atomic E-state index is -0.161. The molecule has 0 atom stereocenters. The Kier molecular flexibility index (Phi) is 3.96. The molecular weight excluding hydrogens is 328 g/mol. The van der Waals surface area contributed by atoms with Crippen molar-refractivity contribution in [1.82, 2.24) is 24.8 Å². The quantitative estimate of drug-likeness (QED) is 0.616. The molecule has 7 nitrogen and oxygen atoms in total. The molecule has 2 aromatic carbocycles. The second-order valence-corrected chi connectivity index (χ2v) is 6.17. The maximum atomic E-state index is 12.4. The fourth-order valence-electron chi connectivity index (χ4n) is 2.98. The Morgan fingerprint density at radius 3 is 2.73 bits per heavy atom. The molecular formula is C19H18N6O. The molecule has 2 heterocycles. The van der Waals surface area contributed by atoms with E-state index >= 15 is 0 Å². The molecule has 7 heteroatoms. The highest BCUT2D eigenvalue weighted by Crippen LogP contribution is 2.17. The highest BCUT2D eigenvalue weighted by molar-refractivity contribution is 5.91. The number of hydrogen-bond acceptors (Lipinski definition) is 4. The van der Waals surface area contributed by atoms with E-state index in [2.05, 4.69) is 20.7 Å². The summed E-state index contributed by atoms with van der Waals surface area (Å²) in [4.78, 5) is 12.4. The predicted molar refractivity (Wildman–Crippen MR) is 99.2 cm³/mol. The molecule has 0 bridgehead atoms. The van der Waals surface area contributed by atoms with Crippen molar-refractivity contribution in [2.24, 2.45) is 0 Å². The van der Waals surface area contributed by atoms with Gasteiger partial charge in [0, 0.05) is 11.4 Å². The first-order valence-corrected chi connectivity index (χ1v) is 8.32. The van der Waals surface area contributed by atoms with Gasteiger partial charge in [-0.15, -0.1) is 5.10 Å². The fourth-order valence-corrected chi connectivity index (χ4v) is 2.98. The van der Waals surface area contributed by atoms with Gasteiger partial charge in [-0.1, -0.05) is 23.4 Å². The Morgan fingerprint density at radius 2 is 1.92 bits per heavy atom. The number of nitrogens with zero attached hydrogens (tertiary/aromatic N) is 5. The van der Waals surface area contributed by atoms with Crippen molar-refractivity contribution in [2.45, 2.75) is 20.4 Å². The van der Waals surface area contributed by atoms with Crippen molar-refractivity contribution in [3.05, 3.63) is 66.0 Å². The van der Waals surface area contributed by atoms with Gasteiger partial charge < -0.3 is 5.32 Å². The number of aryl methyl sites for hydroxylation is 2. The first kappa shape index (κ1) is 16.0. The average Bonchev–Trinajstić information content (AvgIpc) is 3.18. The smallest absolute Gasteiger partial charge is 0.246 e. The number of amides is 1. The lowest BCUT2D eigenvalue weighted by Gasteiger charge is -2.09. The number of para-hydroxylation sites is 1. The number of aromatic nitrogens is 5. The lowest BCUT2D eigenvalue weighted by atomic mass is 10.2. The summed E-state index contributed by atoms with van der Waals surface area (Å²) in [6.07, 6.45) is 0. The van der Waals surface area contributed by atoms with Gasteiger partial charge in [0.05, 0.1) is 16.9 Å². The van der Waals surface area contributed by atoms with E-state index in [9.17, 15) is 4.79 Å². The molecule has 0 spiro atoms. The van der Waals surface area contributed by atoms with Gasteiger partial charge >= 0.3 is 0 Å². The van der Waals surface area contributed by atoms with Crippen LogP contribution in [0.5, 0.6) is 0 Å². The minimum absolute atomic E-state index is 0.102. The second-order valence-electron chi connectivity index (χ2n) is 6.17. The van der Waals surface area contributed by atoms with Gasteiger partial charge in [0.1, 0.15) is 12.1 Å². The van der Waals surface area contributed by atoms with Crippen LogP contribution in [0.4, 0.5) is 5.69 Å². The number of nitrogens with one attached hydrogen (secondary N) is 1. The van der Waals surface area contributed by atoms with E-state index in [0.717, 1.165) is 28.1 Å². The Bertz CT molecular complexity index is 1090. The molecule has 4 rings (SSSR count). The van der Waals surface area contributed by atoms with Crippen LogP contribution < -0.4 is 5.32 Å². The van der Waals surface area contributed by atoms with E-state index in [0.29, 0.717) is 5.69 Å². The first-order chi connectivity index (χ1) is 12.6. The molecule has 1 N–H and O–H groups in total. The maximum Gasteiger partial charge on any atom is 0.246 e. The van der Waals surface area contributed by atoms with Crippen molar-refractivity contribution >= 4 is 22.6 Å². The largest absolute Gasteiger partial charge is 0.324 e. The molecule has 0 aliphatic carbocycles. The Balaban J connectivity index is 1.53. The highest BCUT2D eigenvalue weighted by Gasteiger charge is 2.10. The van der Waals surface area contributed by atoms with E-state index in [-0.39, 0.29) is 12.5 Å². The van der Waals surface area contributed by atoms with Crippen molar-refractivity contribution in [3.8, 4) is 5.69 Å². The molecule has 0 unspecified atom stereocenters. The normalized spacial score (nSPS) is 11.0. The number of rotatable bonds is 4. The summed E-state index contributed by atoms with van der Waals surface area (Å²) >= 11 is 0. The molecule has 1 amide bonds. The summed E-state index contributed by atoms with van der Waals surface area (Å²) in [5, 5.41) is 15.5. The van der Waals surface area contributed by atoms with Crippen molar-refractivity contribution in [1.29, 1.82) is 0 Å². The molecule has 0 saturated heterocycles. The number of anilines is 1. The lowest BCUT2D eigenvalue weighted by molar-refractivity contribution is -0.116. The van der Waals surface area contributed by atoms with E-state index in [1.54, 1.807) is 4.68 Å². The molecule has 130 valence electrons. The van der Waals surface area contributed by atoms with E-state index in [4.69, 9.17) is 0 Å². The van der Waals surface area contributed by atoms with E-state index in [1.807, 2.05) is 73.1 Å². The standard InChI is InChI=1S/C19H18N6O/c1-13-10-14(2)25(22-13)16-7-5-6-15(11-16)20-19(26)12-24-18-9-4-3-8-17(18)21-23-24/h3-11H,12H2,1-2H3,(H,20,26). The Morgan fingerprint density at radius 1 is 1.08 bits per heavy atom. The zero-order valence-electron chi connectivity index (χ0n) is 14.5. The molecule has 0 fully saturated rings. The number of carbonyl (C=O) groups excluding carboxylic acids is 1. The van der Waals surface area contributed by atoms with Crippen LogP contribution in [0.1, 0.15) is 11.4 Å². The van der Waals surface area contributed by atoms with Crippen LogP contribution >= 0.6 is 0 Å². The van der Waals surface area contributed by atoms with Gasteiger partial charge in [-0.25, -0.2) is 9.36 Å². The van der Waals surface area contributed by atoms with Crippen LogP contribution in [0.15, 0.2) is 54.6 Å². The Hall–Kier alpha value is -3.48. The van der Waals surface area contributed by atoms with Gasteiger partial charge in [-0.05, 0) is 50.2 Å². The number of benzene rings is 2. The van der Waals surface area contributed by atoms with Gasteiger partial charge in [0.25, 0.3) is 0 Å². The molecule has 0 aliphatic heterocycles. The fraction of sp³-hybridized carbons (Fsp3) is 0.158. The third-order valence-electron chi connectivity index (χ3n) is 4.10. The molecule has 4 aromatic rings. The number of fused-ring (bicyclic) bond motifs is 1. The van der Waals surface area contributed by atoms with Gasteiger partial charge in [0.2, 0.25) is 5.91 Å². The monoisotopic (exact) mass is 346 g/mol. The highest BCUT2D eigenvalue weighted by atomic mass is 16.2. The Labute approximate surface area is 150 Å². The average molecular weight is 346 g/mol. The molecule has 0 aliphatic rings. The predicted octanol–water partition coefficient (Wildman–Crippen LogP) is 2.87.